The van der Waals surface area contributed by atoms with E-state index in [2.05, 4.69) is 22.1 Å². The van der Waals surface area contributed by atoms with Crippen LogP contribution in [0.1, 0.15) is 60.2 Å². The second-order valence-corrected chi connectivity index (χ2v) is 15.4. The minimum Gasteiger partial charge on any atom is -0.359 e. The third-order valence-corrected chi connectivity index (χ3v) is 11.7. The summed E-state index contributed by atoms with van der Waals surface area (Å²) in [7, 11) is -4.08. The minimum atomic E-state index is -4.08. The lowest BCUT2D eigenvalue weighted by atomic mass is 9.79. The molecule has 0 unspecified atom stereocenters. The van der Waals surface area contributed by atoms with Crippen molar-refractivity contribution in [2.75, 3.05) is 30.9 Å². The zero-order valence-electron chi connectivity index (χ0n) is 29.0. The molecule has 5 aromatic rings. The van der Waals surface area contributed by atoms with Crippen molar-refractivity contribution < 1.29 is 17.7 Å². The second kappa shape index (κ2) is 13.2. The van der Waals surface area contributed by atoms with Gasteiger partial charge in [-0.2, -0.15) is 0 Å². The van der Waals surface area contributed by atoms with E-state index in [4.69, 9.17) is 9.51 Å². The number of anilines is 1. The molecule has 3 aromatic heterocycles. The summed E-state index contributed by atoms with van der Waals surface area (Å²) < 4.78 is 38.9. The Hall–Kier alpha value is -4.75. The average molecular weight is 698 g/mol. The van der Waals surface area contributed by atoms with E-state index in [0.29, 0.717) is 40.5 Å². The van der Waals surface area contributed by atoms with Gasteiger partial charge in [-0.3, -0.25) is 18.9 Å². The van der Waals surface area contributed by atoms with Gasteiger partial charge in [0.1, 0.15) is 16.5 Å². The van der Waals surface area contributed by atoms with Gasteiger partial charge in [-0.25, -0.2) is 13.4 Å². The predicted molar refractivity (Wildman–Crippen MR) is 191 cm³/mol. The largest absolute Gasteiger partial charge is 0.359 e. The molecule has 50 heavy (non-hydrogen) atoms. The van der Waals surface area contributed by atoms with Crippen molar-refractivity contribution >= 4 is 32.7 Å². The molecule has 0 aliphatic carbocycles. The van der Waals surface area contributed by atoms with Gasteiger partial charge < -0.3 is 19.3 Å². The highest BCUT2D eigenvalue weighted by molar-refractivity contribution is 7.92. The number of aromatic nitrogens is 4. The van der Waals surface area contributed by atoms with Crippen molar-refractivity contribution in [2.24, 2.45) is 5.41 Å². The number of carbonyl (C=O) groups excluding carboxylic acids is 1. The highest BCUT2D eigenvalue weighted by Gasteiger charge is 2.46. The van der Waals surface area contributed by atoms with Gasteiger partial charge in [0.15, 0.2) is 5.82 Å². The van der Waals surface area contributed by atoms with E-state index < -0.39 is 10.0 Å². The molecule has 2 saturated heterocycles. The number of rotatable bonds is 11. The summed E-state index contributed by atoms with van der Waals surface area (Å²) in [5.41, 5.74) is 3.63. The maximum Gasteiger partial charge on any atom is 0.265 e. The Labute approximate surface area is 291 Å². The lowest BCUT2D eigenvalue weighted by molar-refractivity contribution is -0.141. The van der Waals surface area contributed by atoms with Crippen LogP contribution in [0.3, 0.4) is 0 Å². The predicted octanol–water partition coefficient (Wildman–Crippen LogP) is 4.66. The molecule has 262 valence electrons. The normalized spacial score (nSPS) is 15.6. The third kappa shape index (κ3) is 6.13. The molecule has 7 rings (SSSR count). The fourth-order valence-electron chi connectivity index (χ4n) is 7.24. The number of hydrogen-bond acceptors (Lipinski definition) is 8. The number of nitrogens with one attached hydrogen (secondary N) is 2. The molecule has 1 amide bonds. The topological polar surface area (TPSA) is 144 Å². The van der Waals surface area contributed by atoms with Crippen molar-refractivity contribution in [1.82, 2.24) is 29.5 Å². The van der Waals surface area contributed by atoms with E-state index in [0.717, 1.165) is 61.9 Å². The molecule has 2 aliphatic heterocycles. The first kappa shape index (κ1) is 33.7. The number of benzene rings is 2. The summed E-state index contributed by atoms with van der Waals surface area (Å²) in [5.74, 6) is 1.29. The Bertz CT molecular complexity index is 2260. The maximum absolute atomic E-state index is 14.3. The Balaban J connectivity index is 1.26. The number of fused-ring (bicyclic) bond motifs is 1. The van der Waals surface area contributed by atoms with Gasteiger partial charge in [-0.15, -0.1) is 0 Å². The summed E-state index contributed by atoms with van der Waals surface area (Å²) in [4.78, 5) is 34.6. The van der Waals surface area contributed by atoms with Gasteiger partial charge in [-0.1, -0.05) is 48.8 Å². The molecule has 2 aliphatic rings. The van der Waals surface area contributed by atoms with Crippen LogP contribution < -0.4 is 15.6 Å². The summed E-state index contributed by atoms with van der Waals surface area (Å²) in [6.07, 6.45) is 5.39. The molecule has 1 spiro atoms. The van der Waals surface area contributed by atoms with Crippen LogP contribution in [0.25, 0.3) is 16.6 Å². The van der Waals surface area contributed by atoms with E-state index >= 15 is 0 Å². The Morgan fingerprint density at radius 2 is 1.84 bits per heavy atom. The monoisotopic (exact) mass is 697 g/mol. The molecule has 2 aromatic carbocycles. The summed E-state index contributed by atoms with van der Waals surface area (Å²) >= 11 is 0. The van der Waals surface area contributed by atoms with Crippen LogP contribution in [0.5, 0.6) is 0 Å². The van der Waals surface area contributed by atoms with E-state index in [-0.39, 0.29) is 40.6 Å². The number of para-hydroxylation sites is 2. The Morgan fingerprint density at radius 3 is 2.56 bits per heavy atom. The van der Waals surface area contributed by atoms with Gasteiger partial charge in [0, 0.05) is 59.9 Å². The SMILES string of the molecule is CCCCc1nc(C)c(CC(=O)N2CC3(CCNC3)C2)c(=O)n1Cc1cn(-c2ccccc2S(=O)(=O)Nc2noc(C)c2C)c2ccccc12. The number of likely N-dealkylation sites (tertiary alicyclic amines) is 1. The molecule has 2 N–H and O–H groups in total. The minimum absolute atomic E-state index is 0.0136. The van der Waals surface area contributed by atoms with Gasteiger partial charge >= 0.3 is 0 Å². The van der Waals surface area contributed by atoms with E-state index in [1.54, 1.807) is 42.7 Å². The lowest BCUT2D eigenvalue weighted by Crippen LogP contribution is -2.59. The second-order valence-electron chi connectivity index (χ2n) is 13.8. The third-order valence-electron chi connectivity index (χ3n) is 10.3. The van der Waals surface area contributed by atoms with Crippen LogP contribution in [0.15, 0.2) is 68.9 Å². The molecule has 2 fully saturated rings. The summed E-state index contributed by atoms with van der Waals surface area (Å²) in [5, 5.41) is 8.17. The van der Waals surface area contributed by atoms with Crippen molar-refractivity contribution in [3.63, 3.8) is 0 Å². The fourth-order valence-corrected chi connectivity index (χ4v) is 8.50. The van der Waals surface area contributed by atoms with E-state index in [1.165, 1.54) is 0 Å². The number of nitrogens with zero attached hydrogens (tertiary/aromatic N) is 5. The standard InChI is InChI=1S/C37H43N7O5S/c1-5-6-15-33-39-25(3)29(18-34(45)42-22-37(23-42)16-17-38-21-37)36(46)44(33)20-27-19-43(30-12-8-7-11-28(27)30)31-13-9-10-14-32(31)50(47,48)41-35-24(2)26(4)49-40-35/h7-14,19,38H,5-6,15-18,20-23H2,1-4H3,(H,40,41). The van der Waals surface area contributed by atoms with Crippen molar-refractivity contribution in [3.05, 3.63) is 99.1 Å². The van der Waals surface area contributed by atoms with Gasteiger partial charge in [0.05, 0.1) is 24.2 Å². The van der Waals surface area contributed by atoms with Crippen LogP contribution >= 0.6 is 0 Å². The molecular formula is C37H43N7O5S. The van der Waals surface area contributed by atoms with Crippen LogP contribution in [-0.4, -0.2) is 64.7 Å². The molecule has 0 saturated carbocycles. The average Bonchev–Trinajstić information content (AvgIpc) is 3.81. The van der Waals surface area contributed by atoms with Crippen LogP contribution in [-0.2, 0) is 34.2 Å². The first-order valence-corrected chi connectivity index (χ1v) is 18.7. The highest BCUT2D eigenvalue weighted by atomic mass is 32.2. The summed E-state index contributed by atoms with van der Waals surface area (Å²) in [6, 6.07) is 14.5. The number of hydrogen-bond donors (Lipinski definition) is 2. The molecule has 0 bridgehead atoms. The van der Waals surface area contributed by atoms with Crippen LogP contribution in [0.4, 0.5) is 5.82 Å². The van der Waals surface area contributed by atoms with Gasteiger partial charge in [0.25, 0.3) is 15.6 Å². The molecule has 12 nitrogen and oxygen atoms in total. The number of unbranched alkanes of at least 4 members (excludes halogenated alkanes) is 1. The lowest BCUT2D eigenvalue weighted by Gasteiger charge is -2.47. The highest BCUT2D eigenvalue weighted by Crippen LogP contribution is 2.36. The van der Waals surface area contributed by atoms with Gasteiger partial charge in [-0.05, 0) is 63.9 Å². The number of aryl methyl sites for hydroxylation is 3. The van der Waals surface area contributed by atoms with E-state index in [1.807, 2.05) is 46.9 Å². The number of sulfonamides is 1. The van der Waals surface area contributed by atoms with Crippen molar-refractivity contribution in [3.8, 4) is 5.69 Å². The maximum atomic E-state index is 14.3. The van der Waals surface area contributed by atoms with Gasteiger partial charge in [0.2, 0.25) is 5.91 Å². The number of carbonyl (C=O) groups is 1. The Morgan fingerprint density at radius 1 is 1.08 bits per heavy atom. The molecular weight excluding hydrogens is 655 g/mol. The van der Waals surface area contributed by atoms with Crippen LogP contribution in [0, 0.1) is 26.2 Å². The first-order chi connectivity index (χ1) is 24.0. The smallest absolute Gasteiger partial charge is 0.265 e. The molecule has 5 heterocycles. The Kier molecular flexibility index (Phi) is 8.89. The van der Waals surface area contributed by atoms with Crippen LogP contribution in [0.2, 0.25) is 0 Å². The quantitative estimate of drug-likeness (QED) is 0.203. The van der Waals surface area contributed by atoms with E-state index in [9.17, 15) is 18.0 Å². The fraction of sp³-hybridized carbons (Fsp3) is 0.405. The molecule has 0 atom stereocenters. The van der Waals surface area contributed by atoms with Crippen molar-refractivity contribution in [1.29, 1.82) is 0 Å². The zero-order chi connectivity index (χ0) is 35.2. The first-order valence-electron chi connectivity index (χ1n) is 17.2. The summed E-state index contributed by atoms with van der Waals surface area (Å²) in [6.45, 7) is 10.9. The molecule has 13 heteroatoms. The molecule has 0 radical (unpaired) electrons. The number of amides is 1. The zero-order valence-corrected chi connectivity index (χ0v) is 29.8. The van der Waals surface area contributed by atoms with Crippen molar-refractivity contribution in [2.45, 2.75) is 71.2 Å².